The number of fused-ring (bicyclic) bond motifs is 4. The molecule has 226 valence electrons. The van der Waals surface area contributed by atoms with Crippen LogP contribution in [-0.4, -0.2) is 4.98 Å². The predicted octanol–water partition coefficient (Wildman–Crippen LogP) is 12.6. The van der Waals surface area contributed by atoms with Crippen molar-refractivity contribution in [3.63, 3.8) is 0 Å². The van der Waals surface area contributed by atoms with Gasteiger partial charge < -0.3 is 9.32 Å². The maximum absolute atomic E-state index is 6.15. The molecule has 0 atom stereocenters. The van der Waals surface area contributed by atoms with E-state index in [4.69, 9.17) is 4.42 Å². The minimum atomic E-state index is 0.855. The number of rotatable bonds is 6. The van der Waals surface area contributed by atoms with Gasteiger partial charge in [0.2, 0.25) is 0 Å². The molecule has 0 unspecified atom stereocenters. The van der Waals surface area contributed by atoms with Crippen LogP contribution in [0.1, 0.15) is 0 Å². The first kappa shape index (κ1) is 27.8. The van der Waals surface area contributed by atoms with Crippen molar-refractivity contribution in [1.82, 2.24) is 4.98 Å². The van der Waals surface area contributed by atoms with Gasteiger partial charge in [-0.1, -0.05) is 115 Å². The molecular formula is C45H30N2O. The molecule has 7 aromatic carbocycles. The smallest absolute Gasteiger partial charge is 0.138 e. The van der Waals surface area contributed by atoms with Crippen molar-refractivity contribution in [2.45, 2.75) is 0 Å². The van der Waals surface area contributed by atoms with Crippen molar-refractivity contribution in [1.29, 1.82) is 0 Å². The van der Waals surface area contributed by atoms with Gasteiger partial charge >= 0.3 is 0 Å². The lowest BCUT2D eigenvalue weighted by molar-refractivity contribution is 0.668. The summed E-state index contributed by atoms with van der Waals surface area (Å²) in [4.78, 5) is 6.60. The Morgan fingerprint density at radius 1 is 0.396 bits per heavy atom. The SMILES string of the molecule is c1ccc(-c2ccc(N(c3ccc(-c4ccc5c(c4)oc4ccncc45)cc3)c3ccc(-c4cccc5ccccc45)cc3)cc2)cc1. The summed E-state index contributed by atoms with van der Waals surface area (Å²) in [5, 5.41) is 4.62. The summed E-state index contributed by atoms with van der Waals surface area (Å²) >= 11 is 0. The standard InChI is InChI=1S/C45H30N2O/c1-2-7-31(8-3-1)32-13-20-37(21-14-32)47(39-24-17-35(18-25-39)41-12-6-10-34-9-4-5-11-40(34)41)38-22-15-33(16-23-38)36-19-26-42-43-30-46-28-27-44(43)48-45(42)29-36/h1-30H. The van der Waals surface area contributed by atoms with Crippen LogP contribution < -0.4 is 4.90 Å². The second kappa shape index (κ2) is 11.7. The Morgan fingerprint density at radius 2 is 0.979 bits per heavy atom. The fourth-order valence-electron chi connectivity index (χ4n) is 6.75. The molecule has 9 aromatic rings. The summed E-state index contributed by atoms with van der Waals surface area (Å²) in [6, 6.07) is 60.4. The van der Waals surface area contributed by atoms with Gasteiger partial charge in [0, 0.05) is 40.2 Å². The zero-order valence-electron chi connectivity index (χ0n) is 26.1. The summed E-state index contributed by atoms with van der Waals surface area (Å²) in [6.45, 7) is 0. The van der Waals surface area contributed by atoms with Gasteiger partial charge in [0.05, 0.1) is 0 Å². The fourth-order valence-corrected chi connectivity index (χ4v) is 6.75. The molecule has 0 amide bonds. The molecule has 0 saturated heterocycles. The number of nitrogens with zero attached hydrogens (tertiary/aromatic N) is 2. The maximum atomic E-state index is 6.15. The van der Waals surface area contributed by atoms with E-state index in [2.05, 4.69) is 174 Å². The van der Waals surface area contributed by atoms with E-state index in [9.17, 15) is 0 Å². The monoisotopic (exact) mass is 614 g/mol. The summed E-state index contributed by atoms with van der Waals surface area (Å²) in [7, 11) is 0. The van der Waals surface area contributed by atoms with Crippen molar-refractivity contribution in [3.8, 4) is 33.4 Å². The maximum Gasteiger partial charge on any atom is 0.138 e. The van der Waals surface area contributed by atoms with Gasteiger partial charge in [0.25, 0.3) is 0 Å². The third-order valence-corrected chi connectivity index (χ3v) is 9.19. The Hall–Kier alpha value is -6.45. The highest BCUT2D eigenvalue weighted by molar-refractivity contribution is 6.05. The van der Waals surface area contributed by atoms with E-state index < -0.39 is 0 Å². The molecule has 0 fully saturated rings. The van der Waals surface area contributed by atoms with Crippen LogP contribution in [-0.2, 0) is 0 Å². The molecule has 0 bridgehead atoms. The highest BCUT2D eigenvalue weighted by atomic mass is 16.3. The van der Waals surface area contributed by atoms with Crippen LogP contribution in [0.25, 0.3) is 66.1 Å². The number of anilines is 3. The van der Waals surface area contributed by atoms with Crippen molar-refractivity contribution in [2.24, 2.45) is 0 Å². The van der Waals surface area contributed by atoms with Crippen molar-refractivity contribution >= 4 is 49.8 Å². The Kier molecular flexibility index (Phi) is 6.80. The second-order valence-electron chi connectivity index (χ2n) is 12.1. The number of hydrogen-bond acceptors (Lipinski definition) is 3. The van der Waals surface area contributed by atoms with Crippen LogP contribution in [0.5, 0.6) is 0 Å². The average molecular weight is 615 g/mol. The van der Waals surface area contributed by atoms with E-state index >= 15 is 0 Å². The number of aromatic nitrogens is 1. The Balaban J connectivity index is 1.10. The molecule has 2 aromatic heterocycles. The summed E-state index contributed by atoms with van der Waals surface area (Å²) in [5.74, 6) is 0. The van der Waals surface area contributed by atoms with E-state index in [1.54, 1.807) is 6.20 Å². The van der Waals surface area contributed by atoms with Crippen LogP contribution in [0.3, 0.4) is 0 Å². The molecule has 3 nitrogen and oxygen atoms in total. The van der Waals surface area contributed by atoms with Gasteiger partial charge in [-0.3, -0.25) is 4.98 Å². The van der Waals surface area contributed by atoms with Gasteiger partial charge in [-0.2, -0.15) is 0 Å². The molecule has 48 heavy (non-hydrogen) atoms. The highest BCUT2D eigenvalue weighted by Crippen LogP contribution is 2.39. The van der Waals surface area contributed by atoms with E-state index in [0.29, 0.717) is 0 Å². The third kappa shape index (κ3) is 4.99. The lowest BCUT2D eigenvalue weighted by Gasteiger charge is -2.26. The molecule has 2 heterocycles. The summed E-state index contributed by atoms with van der Waals surface area (Å²) < 4.78 is 6.15. The Morgan fingerprint density at radius 3 is 1.71 bits per heavy atom. The van der Waals surface area contributed by atoms with E-state index in [-0.39, 0.29) is 0 Å². The summed E-state index contributed by atoms with van der Waals surface area (Å²) in [6.07, 6.45) is 3.63. The predicted molar refractivity (Wildman–Crippen MR) is 200 cm³/mol. The first-order chi connectivity index (χ1) is 23.8. The molecule has 0 N–H and O–H groups in total. The van der Waals surface area contributed by atoms with E-state index in [1.807, 2.05) is 12.3 Å². The first-order valence-electron chi connectivity index (χ1n) is 16.2. The van der Waals surface area contributed by atoms with Crippen LogP contribution in [0.15, 0.2) is 187 Å². The van der Waals surface area contributed by atoms with Crippen molar-refractivity contribution in [2.75, 3.05) is 4.90 Å². The highest BCUT2D eigenvalue weighted by Gasteiger charge is 2.15. The zero-order chi connectivity index (χ0) is 31.9. The fraction of sp³-hybridized carbons (Fsp3) is 0. The summed E-state index contributed by atoms with van der Waals surface area (Å²) in [5.41, 5.74) is 12.1. The average Bonchev–Trinajstić information content (AvgIpc) is 3.54. The van der Waals surface area contributed by atoms with Crippen LogP contribution in [0.2, 0.25) is 0 Å². The largest absolute Gasteiger partial charge is 0.456 e. The lowest BCUT2D eigenvalue weighted by atomic mass is 9.98. The minimum absolute atomic E-state index is 0.855. The number of pyridine rings is 1. The molecule has 0 spiro atoms. The first-order valence-corrected chi connectivity index (χ1v) is 16.2. The van der Waals surface area contributed by atoms with E-state index in [0.717, 1.165) is 50.1 Å². The van der Waals surface area contributed by atoms with Gasteiger partial charge in [0.1, 0.15) is 11.2 Å². The molecule has 3 heteroatoms. The van der Waals surface area contributed by atoms with Crippen molar-refractivity contribution < 1.29 is 4.42 Å². The second-order valence-corrected chi connectivity index (χ2v) is 12.1. The van der Waals surface area contributed by atoms with Crippen molar-refractivity contribution in [3.05, 3.63) is 182 Å². The van der Waals surface area contributed by atoms with E-state index in [1.165, 1.54) is 33.0 Å². The molecule has 0 aliphatic carbocycles. The molecular weight excluding hydrogens is 585 g/mol. The van der Waals surface area contributed by atoms with Crippen LogP contribution in [0, 0.1) is 0 Å². The third-order valence-electron chi connectivity index (χ3n) is 9.19. The number of benzene rings is 7. The zero-order valence-corrected chi connectivity index (χ0v) is 26.1. The van der Waals surface area contributed by atoms with Gasteiger partial charge in [0.15, 0.2) is 0 Å². The van der Waals surface area contributed by atoms with Crippen LogP contribution in [0.4, 0.5) is 17.1 Å². The minimum Gasteiger partial charge on any atom is -0.456 e. The quantitative estimate of drug-likeness (QED) is 0.187. The molecule has 0 aliphatic rings. The molecule has 0 aliphatic heterocycles. The topological polar surface area (TPSA) is 29.3 Å². The van der Waals surface area contributed by atoms with Gasteiger partial charge in [-0.15, -0.1) is 0 Å². The number of hydrogen-bond donors (Lipinski definition) is 0. The normalized spacial score (nSPS) is 11.3. The van der Waals surface area contributed by atoms with Gasteiger partial charge in [-0.25, -0.2) is 0 Å². The van der Waals surface area contributed by atoms with Crippen LogP contribution >= 0.6 is 0 Å². The lowest BCUT2D eigenvalue weighted by Crippen LogP contribution is -2.09. The Bertz CT molecular complexity index is 2530. The molecule has 0 saturated carbocycles. The van der Waals surface area contributed by atoms with Gasteiger partial charge in [-0.05, 0) is 98.8 Å². The molecule has 9 rings (SSSR count). The Labute approximate surface area is 279 Å². The molecule has 0 radical (unpaired) electrons. The number of furan rings is 1.